The van der Waals surface area contributed by atoms with E-state index in [0.29, 0.717) is 23.5 Å². The Labute approximate surface area is 157 Å². The molecule has 0 aromatic heterocycles. The summed E-state index contributed by atoms with van der Waals surface area (Å²) in [6.45, 7) is 7.74. The van der Waals surface area contributed by atoms with Crippen LogP contribution in [0, 0.1) is 17.8 Å². The molecule has 2 aromatic carbocycles. The first kappa shape index (κ1) is 17.7. The summed E-state index contributed by atoms with van der Waals surface area (Å²) in [6.07, 6.45) is 1.55. The predicted octanol–water partition coefficient (Wildman–Crippen LogP) is 3.79. The molecule has 2 aliphatic carbocycles. The molecule has 1 unspecified atom stereocenters. The van der Waals surface area contributed by atoms with Gasteiger partial charge in [0.05, 0.1) is 0 Å². The summed E-state index contributed by atoms with van der Waals surface area (Å²) in [6, 6.07) is 21.6. The number of Topliss-reactive ketones (excluding diaryl/α,β-unsaturated/α-hetero) is 1. The van der Waals surface area contributed by atoms with Crippen LogP contribution in [0.5, 0.6) is 0 Å². The van der Waals surface area contributed by atoms with Gasteiger partial charge in [0.15, 0.2) is 0 Å². The van der Waals surface area contributed by atoms with Gasteiger partial charge in [-0.25, -0.2) is 0 Å². The van der Waals surface area contributed by atoms with Gasteiger partial charge in [-0.15, -0.1) is 0 Å². The van der Waals surface area contributed by atoms with E-state index in [0.717, 1.165) is 19.4 Å². The molecule has 2 saturated carbocycles. The van der Waals surface area contributed by atoms with Gasteiger partial charge in [-0.05, 0) is 33.2 Å². The van der Waals surface area contributed by atoms with Crippen molar-refractivity contribution in [1.29, 1.82) is 0 Å². The van der Waals surface area contributed by atoms with Crippen molar-refractivity contribution in [3.8, 4) is 0 Å². The Morgan fingerprint density at radius 2 is 1.35 bits per heavy atom. The van der Waals surface area contributed by atoms with Crippen LogP contribution in [0.25, 0.3) is 0 Å². The zero-order valence-corrected chi connectivity index (χ0v) is 16.9. The van der Waals surface area contributed by atoms with Crippen LogP contribution in [0.2, 0.25) is 5.04 Å². The smallest absolute Gasteiger partial charge is 0.261 e. The van der Waals surface area contributed by atoms with Gasteiger partial charge in [0.25, 0.3) is 8.32 Å². The fourth-order valence-corrected chi connectivity index (χ4v) is 9.57. The van der Waals surface area contributed by atoms with Crippen molar-refractivity contribution in [1.82, 2.24) is 0 Å². The molecule has 0 heterocycles. The van der Waals surface area contributed by atoms with Gasteiger partial charge >= 0.3 is 0 Å². The minimum Gasteiger partial charge on any atom is -0.407 e. The molecule has 3 atom stereocenters. The summed E-state index contributed by atoms with van der Waals surface area (Å²) in [5.41, 5.74) is 0. The number of benzene rings is 2. The number of carbonyl (C=O) groups excluding carboxylic acids is 1. The summed E-state index contributed by atoms with van der Waals surface area (Å²) in [7, 11) is -2.42. The van der Waals surface area contributed by atoms with Crippen molar-refractivity contribution in [2.75, 3.05) is 6.61 Å². The average Bonchev–Trinajstić information content (AvgIpc) is 3.09. The van der Waals surface area contributed by atoms with Gasteiger partial charge in [0.2, 0.25) is 0 Å². The van der Waals surface area contributed by atoms with Crippen LogP contribution >= 0.6 is 0 Å². The second-order valence-electron chi connectivity index (χ2n) is 8.91. The van der Waals surface area contributed by atoms with Crippen molar-refractivity contribution in [2.45, 2.75) is 38.7 Å². The molecule has 0 saturated heterocycles. The predicted molar refractivity (Wildman–Crippen MR) is 108 cm³/mol. The lowest BCUT2D eigenvalue weighted by Crippen LogP contribution is -2.66. The Kier molecular flexibility index (Phi) is 4.40. The molecular formula is C23H28O2Si. The molecule has 0 N–H and O–H groups in total. The van der Waals surface area contributed by atoms with Crippen LogP contribution in [-0.4, -0.2) is 20.7 Å². The first-order chi connectivity index (χ1) is 12.4. The lowest BCUT2D eigenvalue weighted by Gasteiger charge is -2.43. The summed E-state index contributed by atoms with van der Waals surface area (Å²) >= 11 is 0. The SMILES string of the molecule is CC(C)(C)[Si](OC[C@@H]1C2CC(=O)C[C@H]21)(c1ccccc1)c1ccccc1. The molecule has 26 heavy (non-hydrogen) atoms. The molecule has 0 bridgehead atoms. The van der Waals surface area contributed by atoms with E-state index in [1.165, 1.54) is 10.4 Å². The Bertz CT molecular complexity index is 725. The average molecular weight is 365 g/mol. The topological polar surface area (TPSA) is 26.3 Å². The maximum absolute atomic E-state index is 11.6. The third-order valence-electron chi connectivity index (χ3n) is 6.34. The fourth-order valence-electron chi connectivity index (χ4n) is 4.97. The summed E-state index contributed by atoms with van der Waals surface area (Å²) < 4.78 is 6.99. The van der Waals surface area contributed by atoms with Crippen molar-refractivity contribution >= 4 is 24.5 Å². The third-order valence-corrected chi connectivity index (χ3v) is 11.3. The molecule has 0 radical (unpaired) electrons. The second kappa shape index (κ2) is 6.47. The first-order valence-electron chi connectivity index (χ1n) is 9.70. The van der Waals surface area contributed by atoms with E-state index in [1.807, 2.05) is 0 Å². The van der Waals surface area contributed by atoms with E-state index in [9.17, 15) is 4.79 Å². The van der Waals surface area contributed by atoms with Gasteiger partial charge in [-0.3, -0.25) is 4.79 Å². The molecule has 4 rings (SSSR count). The van der Waals surface area contributed by atoms with Gasteiger partial charge in [0, 0.05) is 19.4 Å². The monoisotopic (exact) mass is 364 g/mol. The number of hydrogen-bond donors (Lipinski definition) is 0. The van der Waals surface area contributed by atoms with Crippen LogP contribution < -0.4 is 10.4 Å². The molecule has 2 aliphatic rings. The number of hydrogen-bond acceptors (Lipinski definition) is 2. The van der Waals surface area contributed by atoms with Crippen molar-refractivity contribution in [3.05, 3.63) is 60.7 Å². The van der Waals surface area contributed by atoms with E-state index in [2.05, 4.69) is 81.4 Å². The van der Waals surface area contributed by atoms with Crippen molar-refractivity contribution < 1.29 is 9.22 Å². The highest BCUT2D eigenvalue weighted by Gasteiger charge is 2.58. The minimum atomic E-state index is -2.42. The molecular weight excluding hydrogens is 336 g/mol. The number of rotatable bonds is 5. The van der Waals surface area contributed by atoms with Crippen LogP contribution in [0.1, 0.15) is 33.6 Å². The van der Waals surface area contributed by atoms with E-state index < -0.39 is 8.32 Å². The molecule has 0 amide bonds. The fraction of sp³-hybridized carbons (Fsp3) is 0.435. The van der Waals surface area contributed by atoms with Crippen molar-refractivity contribution in [3.63, 3.8) is 0 Å². The molecule has 0 spiro atoms. The highest BCUT2D eigenvalue weighted by Crippen LogP contribution is 2.56. The molecule has 2 aromatic rings. The highest BCUT2D eigenvalue weighted by atomic mass is 28.4. The van der Waals surface area contributed by atoms with E-state index in [-0.39, 0.29) is 5.04 Å². The Hall–Kier alpha value is -1.71. The largest absolute Gasteiger partial charge is 0.407 e. The van der Waals surface area contributed by atoms with Crippen LogP contribution in [-0.2, 0) is 9.22 Å². The quantitative estimate of drug-likeness (QED) is 0.755. The van der Waals surface area contributed by atoms with E-state index >= 15 is 0 Å². The van der Waals surface area contributed by atoms with Crippen LogP contribution in [0.3, 0.4) is 0 Å². The van der Waals surface area contributed by atoms with Gasteiger partial charge in [-0.1, -0.05) is 81.4 Å². The Morgan fingerprint density at radius 1 is 0.885 bits per heavy atom. The van der Waals surface area contributed by atoms with Gasteiger partial charge in [-0.2, -0.15) is 0 Å². The Morgan fingerprint density at radius 3 is 1.77 bits per heavy atom. The second-order valence-corrected chi connectivity index (χ2v) is 13.2. The van der Waals surface area contributed by atoms with Crippen molar-refractivity contribution in [2.24, 2.45) is 17.8 Å². The summed E-state index contributed by atoms with van der Waals surface area (Å²) in [4.78, 5) is 11.6. The maximum atomic E-state index is 11.6. The van der Waals surface area contributed by atoms with Gasteiger partial charge in [0.1, 0.15) is 5.78 Å². The zero-order chi connectivity index (χ0) is 18.4. The summed E-state index contributed by atoms with van der Waals surface area (Å²) in [5, 5.41) is 2.69. The number of ketones is 1. The van der Waals surface area contributed by atoms with Crippen LogP contribution in [0.4, 0.5) is 0 Å². The zero-order valence-electron chi connectivity index (χ0n) is 15.9. The molecule has 0 aliphatic heterocycles. The summed E-state index contributed by atoms with van der Waals surface area (Å²) in [5.74, 6) is 2.19. The highest BCUT2D eigenvalue weighted by molar-refractivity contribution is 6.99. The molecule has 2 fully saturated rings. The molecule has 3 heteroatoms. The van der Waals surface area contributed by atoms with E-state index in [1.54, 1.807) is 0 Å². The van der Waals surface area contributed by atoms with Gasteiger partial charge < -0.3 is 4.43 Å². The standard InChI is InChI=1S/C23H28O2Si/c1-23(2,3)26(18-10-6-4-7-11-18,19-12-8-5-9-13-19)25-16-22-20-14-17(24)15-21(20)22/h4-13,20-22H,14-16H2,1-3H3/t20-,21?,22+/m1/s1. The third kappa shape index (κ3) is 2.87. The molecule has 136 valence electrons. The lowest BCUT2D eigenvalue weighted by molar-refractivity contribution is -0.118. The first-order valence-corrected chi connectivity index (χ1v) is 11.6. The number of carbonyl (C=O) groups is 1. The molecule has 2 nitrogen and oxygen atoms in total. The van der Waals surface area contributed by atoms with Crippen LogP contribution in [0.15, 0.2) is 60.7 Å². The maximum Gasteiger partial charge on any atom is 0.261 e. The Balaban J connectivity index is 1.70. The number of fused-ring (bicyclic) bond motifs is 1. The lowest BCUT2D eigenvalue weighted by atomic mass is 10.1. The minimum absolute atomic E-state index is 0.0233. The normalized spacial score (nSPS) is 25.2. The van der Waals surface area contributed by atoms with E-state index in [4.69, 9.17) is 4.43 Å².